The van der Waals surface area contributed by atoms with Gasteiger partial charge in [-0.3, -0.25) is 14.9 Å². The summed E-state index contributed by atoms with van der Waals surface area (Å²) in [7, 11) is 1.85. The molecular weight excluding hydrogens is 434 g/mol. The third kappa shape index (κ3) is 5.14. The molecule has 0 aliphatic carbocycles. The van der Waals surface area contributed by atoms with Gasteiger partial charge in [-0.15, -0.1) is 21.5 Å². The number of rotatable bonds is 8. The molecule has 0 aliphatic rings. The molecule has 152 valence electrons. The summed E-state index contributed by atoms with van der Waals surface area (Å²) < 4.78 is 1.84. The van der Waals surface area contributed by atoms with Crippen LogP contribution in [0.5, 0.6) is 0 Å². The molecule has 0 spiro atoms. The number of nitro groups is 1. The summed E-state index contributed by atoms with van der Waals surface area (Å²) in [6.45, 7) is 2.14. The molecule has 11 heteroatoms. The van der Waals surface area contributed by atoms with E-state index in [1.165, 1.54) is 34.8 Å². The van der Waals surface area contributed by atoms with E-state index in [1.807, 2.05) is 11.6 Å². The van der Waals surface area contributed by atoms with Crippen LogP contribution in [-0.2, 0) is 18.3 Å². The zero-order valence-corrected chi connectivity index (χ0v) is 18.1. The lowest BCUT2D eigenvalue weighted by molar-refractivity contribution is -0.384. The number of halogens is 1. The highest BCUT2D eigenvalue weighted by Crippen LogP contribution is 2.29. The van der Waals surface area contributed by atoms with Crippen LogP contribution < -0.4 is 5.32 Å². The first-order valence-corrected chi connectivity index (χ1v) is 11.0. The number of carbonyl (C=O) groups is 1. The highest BCUT2D eigenvalue weighted by Gasteiger charge is 2.16. The summed E-state index contributed by atoms with van der Waals surface area (Å²) in [5.41, 5.74) is 1.06. The number of thiophene rings is 1. The molecule has 0 radical (unpaired) electrons. The van der Waals surface area contributed by atoms with Crippen molar-refractivity contribution in [2.24, 2.45) is 7.05 Å². The van der Waals surface area contributed by atoms with Gasteiger partial charge in [0.25, 0.3) is 5.69 Å². The first kappa shape index (κ1) is 21.3. The fraction of sp³-hybridized carbons (Fsp3) is 0.278. The van der Waals surface area contributed by atoms with Crippen molar-refractivity contribution >= 4 is 52.0 Å². The van der Waals surface area contributed by atoms with Gasteiger partial charge in [-0.1, -0.05) is 36.7 Å². The number of carbonyl (C=O) groups excluding carboxylic acids is 1. The van der Waals surface area contributed by atoms with E-state index in [0.29, 0.717) is 5.16 Å². The number of aryl methyl sites for hydroxylation is 1. The molecule has 0 saturated carbocycles. The molecule has 0 aliphatic heterocycles. The predicted molar refractivity (Wildman–Crippen MR) is 116 cm³/mol. The Morgan fingerprint density at radius 3 is 2.90 bits per heavy atom. The van der Waals surface area contributed by atoms with Crippen LogP contribution in [0.15, 0.2) is 34.8 Å². The number of aromatic nitrogens is 3. The van der Waals surface area contributed by atoms with Crippen molar-refractivity contribution in [2.75, 3.05) is 11.1 Å². The Morgan fingerprint density at radius 2 is 2.17 bits per heavy atom. The first-order valence-electron chi connectivity index (χ1n) is 8.72. The molecule has 0 atom stereocenters. The number of thioether (sulfide) groups is 1. The molecule has 1 amide bonds. The largest absolute Gasteiger partial charge is 0.324 e. The van der Waals surface area contributed by atoms with Crippen LogP contribution in [0, 0.1) is 10.1 Å². The van der Waals surface area contributed by atoms with Crippen molar-refractivity contribution in [2.45, 2.75) is 24.9 Å². The van der Waals surface area contributed by atoms with Gasteiger partial charge in [0.2, 0.25) is 5.91 Å². The SMILES string of the molecule is CCCc1cc(-c2nnc(SCC(=O)Nc3cc([N+](=O)[O-])ccc3Cl)n2C)cs1. The van der Waals surface area contributed by atoms with E-state index in [0.717, 1.165) is 24.2 Å². The Kier molecular flexibility index (Phi) is 6.88. The van der Waals surface area contributed by atoms with E-state index in [4.69, 9.17) is 11.6 Å². The average Bonchev–Trinajstić information content (AvgIpc) is 3.28. The Bertz CT molecular complexity index is 1050. The minimum atomic E-state index is -0.543. The van der Waals surface area contributed by atoms with Gasteiger partial charge >= 0.3 is 0 Å². The molecule has 29 heavy (non-hydrogen) atoms. The predicted octanol–water partition coefficient (Wildman–Crippen LogP) is 4.79. The Balaban J connectivity index is 1.64. The van der Waals surface area contributed by atoms with Gasteiger partial charge in [0.05, 0.1) is 21.4 Å². The molecule has 2 aromatic heterocycles. The first-order chi connectivity index (χ1) is 13.9. The van der Waals surface area contributed by atoms with E-state index < -0.39 is 4.92 Å². The molecule has 0 unspecified atom stereocenters. The zero-order valence-electron chi connectivity index (χ0n) is 15.7. The number of hydrogen-bond acceptors (Lipinski definition) is 7. The lowest BCUT2D eigenvalue weighted by atomic mass is 10.2. The van der Waals surface area contributed by atoms with Crippen LogP contribution >= 0.6 is 34.7 Å². The van der Waals surface area contributed by atoms with E-state index in [1.54, 1.807) is 11.3 Å². The van der Waals surface area contributed by atoms with Crippen LogP contribution in [0.25, 0.3) is 11.4 Å². The maximum Gasteiger partial charge on any atom is 0.271 e. The zero-order chi connectivity index (χ0) is 21.0. The number of benzene rings is 1. The standard InChI is InChI=1S/C18H18ClN5O3S2/c1-3-4-13-7-11(9-28-13)17-21-22-18(23(17)2)29-10-16(25)20-15-8-12(24(26)27)5-6-14(15)19/h5-9H,3-4,10H2,1-2H3,(H,20,25). The number of non-ortho nitro benzene ring substituents is 1. The molecule has 2 heterocycles. The van der Waals surface area contributed by atoms with E-state index in [9.17, 15) is 14.9 Å². The average molecular weight is 452 g/mol. The topological polar surface area (TPSA) is 103 Å². The number of nitrogens with zero attached hydrogens (tertiary/aromatic N) is 4. The Hall–Kier alpha value is -2.43. The molecule has 0 fully saturated rings. The molecule has 0 saturated heterocycles. The second-order valence-electron chi connectivity index (χ2n) is 6.18. The molecule has 3 aromatic rings. The van der Waals surface area contributed by atoms with Gasteiger partial charge in [0.15, 0.2) is 11.0 Å². The Morgan fingerprint density at radius 1 is 1.38 bits per heavy atom. The van der Waals surface area contributed by atoms with Gasteiger partial charge in [-0.05, 0) is 18.6 Å². The lowest BCUT2D eigenvalue weighted by Gasteiger charge is -2.07. The summed E-state index contributed by atoms with van der Waals surface area (Å²) in [5, 5.41) is 24.8. The third-order valence-corrected chi connectivity index (χ3v) is 6.36. The number of anilines is 1. The molecular formula is C18H18ClN5O3S2. The fourth-order valence-electron chi connectivity index (χ4n) is 2.61. The summed E-state index contributed by atoms with van der Waals surface area (Å²) in [6, 6.07) is 6.01. The molecule has 0 bridgehead atoms. The van der Waals surface area contributed by atoms with Crippen LogP contribution in [-0.4, -0.2) is 31.3 Å². The highest BCUT2D eigenvalue weighted by atomic mass is 35.5. The quantitative estimate of drug-likeness (QED) is 0.300. The molecule has 1 N–H and O–H groups in total. The van der Waals surface area contributed by atoms with Crippen molar-refractivity contribution in [1.82, 2.24) is 14.8 Å². The summed E-state index contributed by atoms with van der Waals surface area (Å²) in [5.74, 6) is 0.464. The van der Waals surface area contributed by atoms with Crippen LogP contribution in [0.2, 0.25) is 5.02 Å². The minimum absolute atomic E-state index is 0.0652. The normalized spacial score (nSPS) is 10.9. The summed E-state index contributed by atoms with van der Waals surface area (Å²) in [6.07, 6.45) is 2.12. The number of amides is 1. The highest BCUT2D eigenvalue weighted by molar-refractivity contribution is 7.99. The molecule has 8 nitrogen and oxygen atoms in total. The van der Waals surface area contributed by atoms with Gasteiger partial charge in [0, 0.05) is 35.0 Å². The summed E-state index contributed by atoms with van der Waals surface area (Å²) in [4.78, 5) is 23.9. The fourth-order valence-corrected chi connectivity index (χ4v) is 4.45. The van der Waals surface area contributed by atoms with Gasteiger partial charge in [-0.25, -0.2) is 0 Å². The van der Waals surface area contributed by atoms with E-state index in [-0.39, 0.29) is 28.1 Å². The van der Waals surface area contributed by atoms with Crippen molar-refractivity contribution in [3.8, 4) is 11.4 Å². The van der Waals surface area contributed by atoms with Crippen LogP contribution in [0.4, 0.5) is 11.4 Å². The van der Waals surface area contributed by atoms with Crippen LogP contribution in [0.1, 0.15) is 18.2 Å². The van der Waals surface area contributed by atoms with E-state index in [2.05, 4.69) is 33.9 Å². The lowest BCUT2D eigenvalue weighted by Crippen LogP contribution is -2.15. The minimum Gasteiger partial charge on any atom is -0.324 e. The van der Waals surface area contributed by atoms with Gasteiger partial charge in [0.1, 0.15) is 0 Å². The van der Waals surface area contributed by atoms with E-state index >= 15 is 0 Å². The van der Waals surface area contributed by atoms with Crippen molar-refractivity contribution < 1.29 is 9.72 Å². The monoisotopic (exact) mass is 451 g/mol. The number of nitrogens with one attached hydrogen (secondary N) is 1. The smallest absolute Gasteiger partial charge is 0.271 e. The van der Waals surface area contributed by atoms with Crippen molar-refractivity contribution in [1.29, 1.82) is 0 Å². The third-order valence-electron chi connectivity index (χ3n) is 4.01. The maximum absolute atomic E-state index is 12.3. The van der Waals surface area contributed by atoms with Gasteiger partial charge in [-0.2, -0.15) is 0 Å². The second kappa shape index (κ2) is 9.38. The van der Waals surface area contributed by atoms with Gasteiger partial charge < -0.3 is 9.88 Å². The van der Waals surface area contributed by atoms with Crippen molar-refractivity contribution in [3.05, 3.63) is 49.7 Å². The molecule has 1 aromatic carbocycles. The number of nitro benzene ring substituents is 1. The maximum atomic E-state index is 12.3. The number of hydrogen-bond donors (Lipinski definition) is 1. The van der Waals surface area contributed by atoms with Crippen LogP contribution in [0.3, 0.4) is 0 Å². The molecule has 3 rings (SSSR count). The second-order valence-corrected chi connectivity index (χ2v) is 8.52. The Labute approximate surface area is 180 Å². The van der Waals surface area contributed by atoms with Crippen molar-refractivity contribution in [3.63, 3.8) is 0 Å². The summed E-state index contributed by atoms with van der Waals surface area (Å²) >= 11 is 8.94.